The zero-order valence-electron chi connectivity index (χ0n) is 25.1. The van der Waals surface area contributed by atoms with Crippen LogP contribution in [0.25, 0.3) is 37.0 Å². The van der Waals surface area contributed by atoms with Gasteiger partial charge >= 0.3 is 6.01 Å². The number of carbonyl (C=O) groups is 1. The summed E-state index contributed by atoms with van der Waals surface area (Å²) in [7, 11) is 0. The predicted molar refractivity (Wildman–Crippen MR) is 168 cm³/mol. The maximum absolute atomic E-state index is 16.6. The smallest absolute Gasteiger partial charge is 0.319 e. The summed E-state index contributed by atoms with van der Waals surface area (Å²) in [6.07, 6.45) is 0.927. The molecule has 0 bridgehead atoms. The van der Waals surface area contributed by atoms with E-state index in [0.29, 0.717) is 29.0 Å². The van der Waals surface area contributed by atoms with Crippen molar-refractivity contribution in [1.82, 2.24) is 19.8 Å². The van der Waals surface area contributed by atoms with E-state index in [9.17, 15) is 22.4 Å². The van der Waals surface area contributed by atoms with Crippen molar-refractivity contribution in [3.63, 3.8) is 0 Å². The zero-order chi connectivity index (χ0) is 33.0. The van der Waals surface area contributed by atoms with Gasteiger partial charge in [-0.1, -0.05) is 24.8 Å². The average molecular weight is 669 g/mol. The Labute approximate surface area is 270 Å². The molecule has 7 rings (SSSR count). The van der Waals surface area contributed by atoms with Gasteiger partial charge in [0.05, 0.1) is 5.54 Å². The summed E-state index contributed by atoms with van der Waals surface area (Å²) in [6, 6.07) is 6.82. The van der Waals surface area contributed by atoms with Crippen LogP contribution >= 0.6 is 11.3 Å². The second-order valence-corrected chi connectivity index (χ2v) is 13.2. The minimum Gasteiger partial charge on any atom is -0.461 e. The van der Waals surface area contributed by atoms with Crippen molar-refractivity contribution in [2.75, 3.05) is 50.8 Å². The quantitative estimate of drug-likeness (QED) is 0.131. The summed E-state index contributed by atoms with van der Waals surface area (Å²) in [6.45, 7) is 11.8. The molecule has 3 atom stereocenters. The van der Waals surface area contributed by atoms with Gasteiger partial charge in [0.1, 0.15) is 30.2 Å². The summed E-state index contributed by atoms with van der Waals surface area (Å²) in [4.78, 5) is 30.1. The molecule has 244 valence electrons. The Morgan fingerprint density at radius 3 is 2.72 bits per heavy atom. The molecule has 3 saturated heterocycles. The van der Waals surface area contributed by atoms with Crippen molar-refractivity contribution in [3.05, 3.63) is 70.9 Å². The molecule has 3 aliphatic heterocycles. The lowest BCUT2D eigenvalue weighted by Crippen LogP contribution is -2.56. The van der Waals surface area contributed by atoms with E-state index in [2.05, 4.69) is 26.3 Å². The predicted octanol–water partition coefficient (Wildman–Crippen LogP) is 6.30. The molecule has 0 unspecified atom stereocenters. The first kappa shape index (κ1) is 31.3. The number of alkyl halides is 1. The highest BCUT2D eigenvalue weighted by Crippen LogP contribution is 2.42. The molecule has 3 fully saturated rings. The number of nitrogens with zero attached hydrogens (tertiary/aromatic N) is 6. The first-order valence-electron chi connectivity index (χ1n) is 15.2. The number of aromatic nitrogens is 2. The van der Waals surface area contributed by atoms with Crippen LogP contribution in [-0.4, -0.2) is 89.3 Å². The SMILES string of the molecule is [C-]#[N+]C[C@H]1CN(c2nc(OC[C@@]34CCCN3C[C@H](F)C4)nc3c(F)c(-c4cccc5sc(F)c(F)c45)ccc23)CCN1C(=O)C(=C)F. The normalized spacial score (nSPS) is 23.0. The number of rotatable bonds is 7. The van der Waals surface area contributed by atoms with Crippen LogP contribution in [0, 0.1) is 23.3 Å². The molecular formula is C33H29F5N6O2S. The van der Waals surface area contributed by atoms with E-state index in [1.54, 1.807) is 23.1 Å². The summed E-state index contributed by atoms with van der Waals surface area (Å²) >= 11 is 0.629. The highest BCUT2D eigenvalue weighted by molar-refractivity contribution is 7.17. The van der Waals surface area contributed by atoms with Gasteiger partial charge in [0.15, 0.2) is 17.5 Å². The molecule has 8 nitrogen and oxygen atoms in total. The number of halogens is 5. The van der Waals surface area contributed by atoms with Gasteiger partial charge in [0.2, 0.25) is 11.7 Å². The number of carbonyl (C=O) groups excluding carboxylic acids is 1. The Kier molecular flexibility index (Phi) is 8.00. The number of thiophene rings is 1. The van der Waals surface area contributed by atoms with E-state index in [0.717, 1.165) is 19.4 Å². The van der Waals surface area contributed by atoms with Gasteiger partial charge in [-0.25, -0.2) is 24.1 Å². The molecule has 0 saturated carbocycles. The van der Waals surface area contributed by atoms with E-state index >= 15 is 4.39 Å². The number of benzene rings is 2. The van der Waals surface area contributed by atoms with Crippen LogP contribution in [0.3, 0.4) is 0 Å². The zero-order valence-corrected chi connectivity index (χ0v) is 25.9. The van der Waals surface area contributed by atoms with Crippen molar-refractivity contribution >= 4 is 44.1 Å². The molecule has 0 radical (unpaired) electrons. The van der Waals surface area contributed by atoms with Crippen molar-refractivity contribution in [2.24, 2.45) is 0 Å². The molecule has 2 aromatic carbocycles. The molecule has 0 N–H and O–H groups in total. The van der Waals surface area contributed by atoms with Gasteiger partial charge in [-0.05, 0) is 37.1 Å². The van der Waals surface area contributed by atoms with Crippen molar-refractivity contribution < 1.29 is 31.5 Å². The monoisotopic (exact) mass is 668 g/mol. The summed E-state index contributed by atoms with van der Waals surface area (Å²) in [5.41, 5.74) is -0.521. The Morgan fingerprint density at radius 1 is 1.11 bits per heavy atom. The van der Waals surface area contributed by atoms with Gasteiger partial charge in [-0.15, -0.1) is 11.3 Å². The fourth-order valence-electron chi connectivity index (χ4n) is 7.33. The Morgan fingerprint density at radius 2 is 1.94 bits per heavy atom. The molecule has 5 heterocycles. The topological polar surface area (TPSA) is 66.2 Å². The number of ether oxygens (including phenoxy) is 1. The van der Waals surface area contributed by atoms with E-state index in [4.69, 9.17) is 11.3 Å². The van der Waals surface area contributed by atoms with E-state index in [1.165, 1.54) is 17.0 Å². The van der Waals surface area contributed by atoms with Crippen LogP contribution in [0.15, 0.2) is 42.7 Å². The van der Waals surface area contributed by atoms with Gasteiger partial charge in [-0.3, -0.25) is 9.69 Å². The Bertz CT molecular complexity index is 1970. The third kappa shape index (κ3) is 5.35. The first-order chi connectivity index (χ1) is 22.6. The first-order valence-corrected chi connectivity index (χ1v) is 16.0. The van der Waals surface area contributed by atoms with Gasteiger partial charge < -0.3 is 19.4 Å². The molecule has 1 amide bonds. The summed E-state index contributed by atoms with van der Waals surface area (Å²) < 4.78 is 80.5. The number of anilines is 1. The van der Waals surface area contributed by atoms with Crippen LogP contribution in [-0.2, 0) is 4.79 Å². The van der Waals surface area contributed by atoms with Crippen molar-refractivity contribution in [2.45, 2.75) is 37.0 Å². The lowest BCUT2D eigenvalue weighted by atomic mass is 9.95. The van der Waals surface area contributed by atoms with E-state index in [-0.39, 0.29) is 72.0 Å². The number of hydrogen-bond acceptors (Lipinski definition) is 7. The molecule has 3 aliphatic rings. The fourth-order valence-corrected chi connectivity index (χ4v) is 8.16. The molecule has 4 aromatic rings. The lowest BCUT2D eigenvalue weighted by molar-refractivity contribution is -0.131. The second kappa shape index (κ2) is 12.0. The third-order valence-electron chi connectivity index (χ3n) is 9.48. The average Bonchev–Trinajstić information content (AvgIpc) is 3.68. The highest BCUT2D eigenvalue weighted by Gasteiger charge is 2.49. The third-order valence-corrected chi connectivity index (χ3v) is 10.4. The van der Waals surface area contributed by atoms with Crippen LogP contribution in [0.1, 0.15) is 19.3 Å². The number of fused-ring (bicyclic) bond motifs is 3. The summed E-state index contributed by atoms with van der Waals surface area (Å²) in [5, 5.41) is -0.761. The largest absolute Gasteiger partial charge is 0.461 e. The van der Waals surface area contributed by atoms with Gasteiger partial charge in [0, 0.05) is 53.6 Å². The van der Waals surface area contributed by atoms with Crippen LogP contribution in [0.5, 0.6) is 6.01 Å². The van der Waals surface area contributed by atoms with E-state index < -0.39 is 46.3 Å². The molecule has 0 aliphatic carbocycles. The molecule has 0 spiro atoms. The van der Waals surface area contributed by atoms with Gasteiger partial charge in [0.25, 0.3) is 5.91 Å². The lowest BCUT2D eigenvalue weighted by Gasteiger charge is -2.39. The number of amides is 1. The fraction of sp³-hybridized carbons (Fsp3) is 0.394. The minimum absolute atomic E-state index is 0.00483. The maximum Gasteiger partial charge on any atom is 0.319 e. The molecule has 47 heavy (non-hydrogen) atoms. The maximum atomic E-state index is 16.6. The standard InChI is InChI=1S/C33H29F5N6O2S/c1-18(34)31(45)44-12-11-42(16-20(44)14-39-2)30-23-8-7-22(21-5-3-6-24-25(21)27(37)29(38)47-24)26(36)28(23)40-32(41-30)46-17-33-9-4-10-43(33)15-19(35)13-33/h3,5-8,19-20H,1,4,9-17H2/t19-,20+,33+/m1/s1. The second-order valence-electron chi connectivity index (χ2n) is 12.2. The molecule has 2 aromatic heterocycles. The molecular weight excluding hydrogens is 639 g/mol. The number of hydrogen-bond donors (Lipinski definition) is 0. The van der Waals surface area contributed by atoms with Crippen molar-refractivity contribution in [1.29, 1.82) is 0 Å². The van der Waals surface area contributed by atoms with Crippen LogP contribution in [0.4, 0.5) is 27.8 Å². The van der Waals surface area contributed by atoms with Gasteiger partial charge in [-0.2, -0.15) is 14.4 Å². The van der Waals surface area contributed by atoms with Crippen LogP contribution < -0.4 is 9.64 Å². The highest BCUT2D eigenvalue weighted by atomic mass is 32.1. The van der Waals surface area contributed by atoms with E-state index in [1.807, 2.05) is 0 Å². The minimum atomic E-state index is -1.13. The van der Waals surface area contributed by atoms with Crippen molar-refractivity contribution in [3.8, 4) is 17.1 Å². The summed E-state index contributed by atoms with van der Waals surface area (Å²) in [5.74, 6) is -3.64. The number of piperazine rings is 1. The Hall–Kier alpha value is -4.35. The van der Waals surface area contributed by atoms with Crippen LogP contribution in [0.2, 0.25) is 0 Å². The Balaban J connectivity index is 1.33. The molecule has 14 heteroatoms.